The molecule has 140 valence electrons. The zero-order chi connectivity index (χ0) is 19.2. The summed E-state index contributed by atoms with van der Waals surface area (Å²) in [6, 6.07) is 10.1. The second kappa shape index (κ2) is 8.28. The zero-order valence-electron chi connectivity index (χ0n) is 14.6. The number of hydrogen-bond acceptors (Lipinski definition) is 6. The fraction of sp³-hybridized carbons (Fsp3) is 0.222. The molecule has 0 aliphatic rings. The number of carbonyl (C=O) groups is 1. The normalized spacial score (nSPS) is 10.7. The van der Waals surface area contributed by atoms with Gasteiger partial charge in [0.15, 0.2) is 6.61 Å². The molecule has 3 rings (SSSR count). The highest BCUT2D eigenvalue weighted by Crippen LogP contribution is 2.23. The third-order valence-electron chi connectivity index (χ3n) is 3.79. The SMILES string of the molecule is COCCNC(=O)COc1ccc(-c2cn3cc([N+](=O)[O-])ccc3n2)cc1. The van der Waals surface area contributed by atoms with Gasteiger partial charge in [0.2, 0.25) is 0 Å². The number of pyridine rings is 1. The Morgan fingerprint density at radius 3 is 2.70 bits per heavy atom. The molecule has 1 amide bonds. The lowest BCUT2D eigenvalue weighted by Gasteiger charge is -2.07. The summed E-state index contributed by atoms with van der Waals surface area (Å²) in [4.78, 5) is 26.5. The molecule has 0 bridgehead atoms. The van der Waals surface area contributed by atoms with Crippen LogP contribution in [0.15, 0.2) is 48.8 Å². The first-order valence-electron chi connectivity index (χ1n) is 8.19. The van der Waals surface area contributed by atoms with Crippen LogP contribution in [0.2, 0.25) is 0 Å². The van der Waals surface area contributed by atoms with Crippen molar-refractivity contribution in [1.82, 2.24) is 14.7 Å². The number of fused-ring (bicyclic) bond motifs is 1. The van der Waals surface area contributed by atoms with E-state index in [4.69, 9.17) is 9.47 Å². The van der Waals surface area contributed by atoms with Gasteiger partial charge in [-0.05, 0) is 30.3 Å². The lowest BCUT2D eigenvalue weighted by Crippen LogP contribution is -2.31. The minimum absolute atomic E-state index is 0.000950. The van der Waals surface area contributed by atoms with E-state index in [1.165, 1.54) is 12.3 Å². The second-order valence-electron chi connectivity index (χ2n) is 5.69. The van der Waals surface area contributed by atoms with Crippen LogP contribution in [0.3, 0.4) is 0 Å². The van der Waals surface area contributed by atoms with E-state index in [2.05, 4.69) is 10.3 Å². The van der Waals surface area contributed by atoms with Gasteiger partial charge in [0.25, 0.3) is 11.6 Å². The summed E-state index contributed by atoms with van der Waals surface area (Å²) in [6.45, 7) is 0.799. The van der Waals surface area contributed by atoms with Crippen molar-refractivity contribution in [3.63, 3.8) is 0 Å². The minimum atomic E-state index is -0.448. The summed E-state index contributed by atoms with van der Waals surface area (Å²) in [7, 11) is 1.56. The average Bonchev–Trinajstić information content (AvgIpc) is 3.10. The third kappa shape index (κ3) is 4.59. The van der Waals surface area contributed by atoms with E-state index in [0.29, 0.717) is 30.2 Å². The first-order valence-corrected chi connectivity index (χ1v) is 8.19. The Hall–Kier alpha value is -3.46. The quantitative estimate of drug-likeness (QED) is 0.369. The van der Waals surface area contributed by atoms with E-state index in [9.17, 15) is 14.9 Å². The molecule has 0 atom stereocenters. The highest BCUT2D eigenvalue weighted by atomic mass is 16.6. The van der Waals surface area contributed by atoms with Crippen LogP contribution in [0.4, 0.5) is 5.69 Å². The molecule has 0 unspecified atom stereocenters. The van der Waals surface area contributed by atoms with Crippen LogP contribution in [0.1, 0.15) is 0 Å². The van der Waals surface area contributed by atoms with Crippen LogP contribution in [0.5, 0.6) is 5.75 Å². The Labute approximate surface area is 154 Å². The first-order chi connectivity index (χ1) is 13.1. The number of nitrogens with one attached hydrogen (secondary N) is 1. The van der Waals surface area contributed by atoms with Crippen molar-refractivity contribution in [2.24, 2.45) is 0 Å². The van der Waals surface area contributed by atoms with Gasteiger partial charge in [-0.2, -0.15) is 0 Å². The summed E-state index contributed by atoms with van der Waals surface area (Å²) >= 11 is 0. The Bertz CT molecular complexity index is 952. The van der Waals surface area contributed by atoms with Crippen LogP contribution in [-0.2, 0) is 9.53 Å². The lowest BCUT2D eigenvalue weighted by atomic mass is 10.2. The molecule has 2 aromatic heterocycles. The van der Waals surface area contributed by atoms with Crippen molar-refractivity contribution in [3.8, 4) is 17.0 Å². The van der Waals surface area contributed by atoms with Crippen LogP contribution < -0.4 is 10.1 Å². The van der Waals surface area contributed by atoms with E-state index in [1.807, 2.05) is 12.1 Å². The van der Waals surface area contributed by atoms with Gasteiger partial charge in [-0.1, -0.05) is 0 Å². The summed E-state index contributed by atoms with van der Waals surface area (Å²) in [5.74, 6) is 0.332. The molecule has 9 heteroatoms. The number of imidazole rings is 1. The molecule has 2 heterocycles. The van der Waals surface area contributed by atoms with Crippen molar-refractivity contribution in [1.29, 1.82) is 0 Å². The smallest absolute Gasteiger partial charge is 0.286 e. The molecule has 9 nitrogen and oxygen atoms in total. The van der Waals surface area contributed by atoms with Gasteiger partial charge in [0, 0.05) is 31.5 Å². The Morgan fingerprint density at radius 1 is 1.22 bits per heavy atom. The predicted octanol–water partition coefficient (Wildman–Crippen LogP) is 2.05. The van der Waals surface area contributed by atoms with Gasteiger partial charge in [0.1, 0.15) is 11.4 Å². The molecule has 0 saturated heterocycles. The molecular formula is C18H18N4O5. The van der Waals surface area contributed by atoms with E-state index in [0.717, 1.165) is 5.56 Å². The highest BCUT2D eigenvalue weighted by molar-refractivity contribution is 5.77. The summed E-state index contributed by atoms with van der Waals surface area (Å²) in [6.07, 6.45) is 3.15. The maximum Gasteiger partial charge on any atom is 0.286 e. The molecule has 0 saturated carbocycles. The minimum Gasteiger partial charge on any atom is -0.484 e. The number of nitro groups is 1. The number of hydrogen-bond donors (Lipinski definition) is 1. The van der Waals surface area contributed by atoms with E-state index >= 15 is 0 Å². The van der Waals surface area contributed by atoms with Crippen molar-refractivity contribution in [3.05, 3.63) is 58.9 Å². The van der Waals surface area contributed by atoms with Gasteiger partial charge in [-0.15, -0.1) is 0 Å². The average molecular weight is 370 g/mol. The van der Waals surface area contributed by atoms with Crippen LogP contribution in [-0.4, -0.2) is 47.1 Å². The molecule has 0 spiro atoms. The molecule has 0 aliphatic heterocycles. The Balaban J connectivity index is 1.65. The zero-order valence-corrected chi connectivity index (χ0v) is 14.6. The largest absolute Gasteiger partial charge is 0.484 e. The number of nitrogens with zero attached hydrogens (tertiary/aromatic N) is 3. The number of carbonyl (C=O) groups excluding carboxylic acids is 1. The fourth-order valence-electron chi connectivity index (χ4n) is 2.44. The summed E-state index contributed by atoms with van der Waals surface area (Å²) < 4.78 is 11.9. The van der Waals surface area contributed by atoms with Crippen molar-refractivity contribution in [2.75, 3.05) is 26.9 Å². The van der Waals surface area contributed by atoms with Gasteiger partial charge in [-0.3, -0.25) is 19.3 Å². The first kappa shape index (κ1) is 18.3. The van der Waals surface area contributed by atoms with Gasteiger partial charge in [-0.25, -0.2) is 4.98 Å². The monoisotopic (exact) mass is 370 g/mol. The highest BCUT2D eigenvalue weighted by Gasteiger charge is 2.10. The van der Waals surface area contributed by atoms with Crippen molar-refractivity contribution in [2.45, 2.75) is 0 Å². The maximum atomic E-state index is 11.6. The summed E-state index contributed by atoms with van der Waals surface area (Å²) in [5.41, 5.74) is 2.13. The van der Waals surface area contributed by atoms with E-state index in [1.54, 1.807) is 35.9 Å². The van der Waals surface area contributed by atoms with E-state index in [-0.39, 0.29) is 18.2 Å². The van der Waals surface area contributed by atoms with Crippen LogP contribution in [0.25, 0.3) is 16.9 Å². The molecule has 1 N–H and O–H groups in total. The molecule has 0 fully saturated rings. The van der Waals surface area contributed by atoms with Crippen molar-refractivity contribution >= 4 is 17.2 Å². The molecule has 1 aromatic carbocycles. The van der Waals surface area contributed by atoms with E-state index < -0.39 is 4.92 Å². The molecule has 27 heavy (non-hydrogen) atoms. The Morgan fingerprint density at radius 2 is 2.00 bits per heavy atom. The number of rotatable bonds is 8. The second-order valence-corrected chi connectivity index (χ2v) is 5.69. The number of benzene rings is 1. The number of ether oxygens (including phenoxy) is 2. The van der Waals surface area contributed by atoms with Crippen LogP contribution >= 0.6 is 0 Å². The molecule has 0 aliphatic carbocycles. The number of methoxy groups -OCH3 is 1. The topological polar surface area (TPSA) is 108 Å². The summed E-state index contributed by atoms with van der Waals surface area (Å²) in [5, 5.41) is 13.5. The molecule has 0 radical (unpaired) electrons. The number of aromatic nitrogens is 2. The third-order valence-corrected chi connectivity index (χ3v) is 3.79. The fourth-order valence-corrected chi connectivity index (χ4v) is 2.44. The number of amides is 1. The standard InChI is InChI=1S/C18H18N4O5/c1-26-9-8-19-18(23)12-27-15-5-2-13(3-6-15)16-11-21-10-14(22(24)25)4-7-17(21)20-16/h2-7,10-11H,8-9,12H2,1H3,(H,19,23). The van der Waals surface area contributed by atoms with Gasteiger partial charge >= 0.3 is 0 Å². The van der Waals surface area contributed by atoms with Gasteiger partial charge in [0.05, 0.1) is 23.4 Å². The van der Waals surface area contributed by atoms with Crippen molar-refractivity contribution < 1.29 is 19.2 Å². The molecule has 3 aromatic rings. The predicted molar refractivity (Wildman–Crippen MR) is 97.7 cm³/mol. The lowest BCUT2D eigenvalue weighted by molar-refractivity contribution is -0.385. The van der Waals surface area contributed by atoms with Gasteiger partial charge < -0.3 is 14.8 Å². The van der Waals surface area contributed by atoms with Crippen LogP contribution in [0, 0.1) is 10.1 Å². The molecular weight excluding hydrogens is 352 g/mol. The Kier molecular flexibility index (Phi) is 5.62. The maximum absolute atomic E-state index is 11.6.